The van der Waals surface area contributed by atoms with Crippen LogP contribution in [0.25, 0.3) is 0 Å². The number of benzene rings is 1. The second-order valence-corrected chi connectivity index (χ2v) is 6.20. The molecule has 1 N–H and O–H groups in total. The average Bonchev–Trinajstić information content (AvgIpc) is 2.46. The molecular weight excluding hydrogens is 328 g/mol. The molecule has 1 aliphatic carbocycles. The molecule has 1 unspecified atom stereocenters. The van der Waals surface area contributed by atoms with Crippen molar-refractivity contribution < 1.29 is 4.79 Å². The molecule has 3 nitrogen and oxygen atoms in total. The maximum Gasteiger partial charge on any atom is 0.272 e. The molecule has 0 heterocycles. The van der Waals surface area contributed by atoms with Crippen molar-refractivity contribution in [2.45, 2.75) is 26.7 Å². The number of amides is 1. The number of hydrogen-bond donors (Lipinski definition) is 1. The van der Waals surface area contributed by atoms with E-state index in [1.807, 2.05) is 32.0 Å². The predicted octanol–water partition coefficient (Wildman–Crippen LogP) is 4.47. The van der Waals surface area contributed by atoms with Gasteiger partial charge in [-0.2, -0.15) is 5.10 Å². The second kappa shape index (κ2) is 6.85. The molecule has 1 aliphatic rings. The average molecular weight is 347 g/mol. The number of carbonyl (C=O) groups excluding carboxylic acids is 1. The van der Waals surface area contributed by atoms with E-state index in [2.05, 4.69) is 39.1 Å². The third-order valence-electron chi connectivity index (χ3n) is 3.71. The summed E-state index contributed by atoms with van der Waals surface area (Å²) in [7, 11) is 0. The first-order chi connectivity index (χ1) is 9.99. The summed E-state index contributed by atoms with van der Waals surface area (Å²) >= 11 is 3.37. The van der Waals surface area contributed by atoms with Crippen LogP contribution in [0.4, 0.5) is 0 Å². The lowest BCUT2D eigenvalue weighted by atomic mass is 9.85. The van der Waals surface area contributed by atoms with Crippen LogP contribution in [0.5, 0.6) is 0 Å². The SMILES string of the molecule is C=C(C)C1CC=C(C)/C(=N/NC(=O)c2ccccc2Br)C1. The largest absolute Gasteiger partial charge is 0.272 e. The second-order valence-electron chi connectivity index (χ2n) is 5.35. The minimum Gasteiger partial charge on any atom is -0.267 e. The van der Waals surface area contributed by atoms with Gasteiger partial charge in [-0.05, 0) is 66.2 Å². The molecule has 1 aromatic rings. The molecule has 0 fully saturated rings. The van der Waals surface area contributed by atoms with Gasteiger partial charge in [-0.3, -0.25) is 4.79 Å². The maximum absolute atomic E-state index is 12.1. The molecule has 4 heteroatoms. The van der Waals surface area contributed by atoms with E-state index in [-0.39, 0.29) is 5.91 Å². The molecule has 0 radical (unpaired) electrons. The van der Waals surface area contributed by atoms with Gasteiger partial charge in [0.2, 0.25) is 0 Å². The fraction of sp³-hybridized carbons (Fsp3) is 0.294. The van der Waals surface area contributed by atoms with Gasteiger partial charge in [-0.15, -0.1) is 0 Å². The molecule has 1 aromatic carbocycles. The van der Waals surface area contributed by atoms with E-state index < -0.39 is 0 Å². The quantitative estimate of drug-likeness (QED) is 0.636. The highest BCUT2D eigenvalue weighted by molar-refractivity contribution is 9.10. The summed E-state index contributed by atoms with van der Waals surface area (Å²) in [6.07, 6.45) is 3.98. The van der Waals surface area contributed by atoms with Gasteiger partial charge in [0, 0.05) is 4.47 Å². The summed E-state index contributed by atoms with van der Waals surface area (Å²) < 4.78 is 0.762. The Labute approximate surface area is 134 Å². The van der Waals surface area contributed by atoms with Crippen LogP contribution in [0, 0.1) is 5.92 Å². The molecule has 0 spiro atoms. The number of hydrogen-bond acceptors (Lipinski definition) is 2. The van der Waals surface area contributed by atoms with Crippen molar-refractivity contribution in [1.29, 1.82) is 0 Å². The Morgan fingerprint density at radius 1 is 1.43 bits per heavy atom. The van der Waals surface area contributed by atoms with Crippen LogP contribution in [0.1, 0.15) is 37.0 Å². The fourth-order valence-electron chi connectivity index (χ4n) is 2.25. The van der Waals surface area contributed by atoms with Gasteiger partial charge in [-0.1, -0.05) is 30.4 Å². The highest BCUT2D eigenvalue weighted by atomic mass is 79.9. The molecule has 0 aliphatic heterocycles. The van der Waals surface area contributed by atoms with Crippen LogP contribution in [-0.4, -0.2) is 11.6 Å². The molecular formula is C17H19BrN2O. The first kappa shape index (κ1) is 15.7. The van der Waals surface area contributed by atoms with Crippen molar-refractivity contribution in [2.24, 2.45) is 11.0 Å². The van der Waals surface area contributed by atoms with E-state index >= 15 is 0 Å². The molecule has 21 heavy (non-hydrogen) atoms. The topological polar surface area (TPSA) is 41.5 Å². The first-order valence-corrected chi connectivity index (χ1v) is 7.72. The molecule has 0 saturated heterocycles. The molecule has 2 rings (SSSR count). The first-order valence-electron chi connectivity index (χ1n) is 6.93. The van der Waals surface area contributed by atoms with Gasteiger partial charge >= 0.3 is 0 Å². The third-order valence-corrected chi connectivity index (χ3v) is 4.40. The van der Waals surface area contributed by atoms with Crippen molar-refractivity contribution in [2.75, 3.05) is 0 Å². The Morgan fingerprint density at radius 2 is 2.14 bits per heavy atom. The van der Waals surface area contributed by atoms with E-state index in [4.69, 9.17) is 0 Å². The Morgan fingerprint density at radius 3 is 2.81 bits per heavy atom. The zero-order valence-corrected chi connectivity index (χ0v) is 13.9. The molecule has 0 saturated carbocycles. The standard InChI is InChI=1S/C17H19BrN2O/c1-11(2)13-9-8-12(3)16(10-13)19-20-17(21)14-6-4-5-7-15(14)18/h4-8,13H,1,9-10H2,2-3H3,(H,20,21)/b19-16+. The smallest absolute Gasteiger partial charge is 0.267 e. The number of hydrazone groups is 1. The number of allylic oxidation sites excluding steroid dienone is 3. The summed E-state index contributed by atoms with van der Waals surface area (Å²) in [4.78, 5) is 12.1. The van der Waals surface area contributed by atoms with Crippen LogP contribution in [0.15, 0.2) is 57.6 Å². The molecule has 0 aromatic heterocycles. The van der Waals surface area contributed by atoms with Gasteiger partial charge in [0.15, 0.2) is 0 Å². The monoisotopic (exact) mass is 346 g/mol. The summed E-state index contributed by atoms with van der Waals surface area (Å²) in [5.41, 5.74) is 6.43. The van der Waals surface area contributed by atoms with Crippen LogP contribution in [0.2, 0.25) is 0 Å². The number of halogens is 1. The molecule has 0 bridgehead atoms. The predicted molar refractivity (Wildman–Crippen MR) is 90.3 cm³/mol. The van der Waals surface area contributed by atoms with E-state index in [0.717, 1.165) is 34.2 Å². The minimum atomic E-state index is -0.208. The van der Waals surface area contributed by atoms with Gasteiger partial charge in [0.05, 0.1) is 11.3 Å². The lowest BCUT2D eigenvalue weighted by Crippen LogP contribution is -2.23. The van der Waals surface area contributed by atoms with E-state index in [0.29, 0.717) is 11.5 Å². The Bertz CT molecular complexity index is 631. The number of carbonyl (C=O) groups is 1. The summed E-state index contributed by atoms with van der Waals surface area (Å²) in [6.45, 7) is 8.08. The van der Waals surface area contributed by atoms with E-state index in [9.17, 15) is 4.79 Å². The van der Waals surface area contributed by atoms with Gasteiger partial charge in [0.1, 0.15) is 0 Å². The van der Waals surface area contributed by atoms with Crippen molar-refractivity contribution in [1.82, 2.24) is 5.43 Å². The van der Waals surface area contributed by atoms with Gasteiger partial charge < -0.3 is 0 Å². The van der Waals surface area contributed by atoms with Crippen molar-refractivity contribution in [3.8, 4) is 0 Å². The molecule has 1 amide bonds. The Balaban J connectivity index is 2.12. The summed E-state index contributed by atoms with van der Waals surface area (Å²) in [5, 5.41) is 4.30. The lowest BCUT2D eigenvalue weighted by Gasteiger charge is -2.22. The number of rotatable bonds is 3. The van der Waals surface area contributed by atoms with Crippen LogP contribution >= 0.6 is 15.9 Å². The van der Waals surface area contributed by atoms with Crippen LogP contribution in [0.3, 0.4) is 0 Å². The minimum absolute atomic E-state index is 0.208. The normalized spacial score (nSPS) is 20.0. The summed E-state index contributed by atoms with van der Waals surface area (Å²) in [5.74, 6) is 0.202. The van der Waals surface area contributed by atoms with Crippen molar-refractivity contribution in [3.63, 3.8) is 0 Å². The lowest BCUT2D eigenvalue weighted by molar-refractivity contribution is 0.0954. The number of nitrogens with zero attached hydrogens (tertiary/aromatic N) is 1. The molecule has 110 valence electrons. The zero-order chi connectivity index (χ0) is 15.4. The third kappa shape index (κ3) is 3.91. The van der Waals surface area contributed by atoms with Crippen LogP contribution in [-0.2, 0) is 0 Å². The Kier molecular flexibility index (Phi) is 5.12. The number of nitrogens with one attached hydrogen (secondary N) is 1. The van der Waals surface area contributed by atoms with Crippen LogP contribution < -0.4 is 5.43 Å². The highest BCUT2D eigenvalue weighted by Crippen LogP contribution is 2.26. The van der Waals surface area contributed by atoms with E-state index in [1.165, 1.54) is 0 Å². The Hall–Kier alpha value is -1.68. The van der Waals surface area contributed by atoms with E-state index in [1.54, 1.807) is 6.07 Å². The van der Waals surface area contributed by atoms with Crippen molar-refractivity contribution >= 4 is 27.5 Å². The molecule has 1 atom stereocenters. The fourth-order valence-corrected chi connectivity index (χ4v) is 2.71. The summed E-state index contributed by atoms with van der Waals surface area (Å²) in [6, 6.07) is 7.30. The highest BCUT2D eigenvalue weighted by Gasteiger charge is 2.19. The maximum atomic E-state index is 12.1. The van der Waals surface area contributed by atoms with Gasteiger partial charge in [0.25, 0.3) is 5.91 Å². The van der Waals surface area contributed by atoms with Gasteiger partial charge in [-0.25, -0.2) is 5.43 Å². The zero-order valence-electron chi connectivity index (χ0n) is 12.3. The van der Waals surface area contributed by atoms with Crippen molar-refractivity contribution in [3.05, 3.63) is 58.1 Å².